The number of ether oxygens (including phenoxy) is 1. The monoisotopic (exact) mass is 295 g/mol. The molecule has 1 saturated heterocycles. The zero-order valence-corrected chi connectivity index (χ0v) is 12.3. The van der Waals surface area contributed by atoms with E-state index in [1.54, 1.807) is 0 Å². The van der Waals surface area contributed by atoms with Crippen LogP contribution in [0.3, 0.4) is 0 Å². The molecule has 0 radical (unpaired) electrons. The van der Waals surface area contributed by atoms with E-state index in [1.165, 1.54) is 0 Å². The Morgan fingerprint density at radius 1 is 1.20 bits per heavy atom. The van der Waals surface area contributed by atoms with Crippen LogP contribution in [0.2, 0.25) is 0 Å². The Morgan fingerprint density at radius 3 is 2.70 bits per heavy atom. The van der Waals surface area contributed by atoms with Gasteiger partial charge in [-0.25, -0.2) is 8.42 Å². The summed E-state index contributed by atoms with van der Waals surface area (Å²) in [7, 11) is -3.06. The minimum Gasteiger partial charge on any atom is -0.490 e. The molecule has 5 heteroatoms. The van der Waals surface area contributed by atoms with Gasteiger partial charge >= 0.3 is 0 Å². The molecule has 0 aromatic heterocycles. The van der Waals surface area contributed by atoms with Gasteiger partial charge in [0.1, 0.15) is 5.75 Å². The van der Waals surface area contributed by atoms with Gasteiger partial charge < -0.3 is 10.5 Å². The molecular formula is C15H21NO3S. The van der Waals surface area contributed by atoms with Crippen LogP contribution < -0.4 is 10.5 Å². The van der Waals surface area contributed by atoms with Crippen molar-refractivity contribution in [3.8, 4) is 5.75 Å². The zero-order chi connectivity index (χ0) is 14.2. The highest BCUT2D eigenvalue weighted by atomic mass is 32.2. The number of sulfone groups is 1. The molecular weight excluding hydrogens is 274 g/mol. The summed E-state index contributed by atoms with van der Waals surface area (Å²) in [6.07, 6.45) is 4.91. The molecule has 0 bridgehead atoms. The highest BCUT2D eigenvalue weighted by molar-refractivity contribution is 7.92. The van der Waals surface area contributed by atoms with Crippen LogP contribution in [0.15, 0.2) is 24.3 Å². The van der Waals surface area contributed by atoms with Gasteiger partial charge in [-0.2, -0.15) is 0 Å². The van der Waals surface area contributed by atoms with E-state index in [-0.39, 0.29) is 5.75 Å². The number of rotatable bonds is 4. The van der Waals surface area contributed by atoms with Crippen molar-refractivity contribution in [2.24, 2.45) is 5.73 Å². The predicted octanol–water partition coefficient (Wildman–Crippen LogP) is 2.19. The normalized spacial score (nSPS) is 26.9. The van der Waals surface area contributed by atoms with Gasteiger partial charge in [0.15, 0.2) is 9.84 Å². The van der Waals surface area contributed by atoms with E-state index in [9.17, 15) is 8.42 Å². The minimum absolute atomic E-state index is 0.267. The molecule has 2 aliphatic rings. The average Bonchev–Trinajstić information content (AvgIpc) is 3.22. The molecule has 4 nitrogen and oxygen atoms in total. The van der Waals surface area contributed by atoms with E-state index < -0.39 is 21.1 Å². The summed E-state index contributed by atoms with van der Waals surface area (Å²) in [5.74, 6) is 1.07. The second-order valence-electron chi connectivity index (χ2n) is 5.82. The molecule has 2 fully saturated rings. The summed E-state index contributed by atoms with van der Waals surface area (Å²) in [6.45, 7) is 0. The Kier molecular flexibility index (Phi) is 3.73. The topological polar surface area (TPSA) is 69.4 Å². The largest absolute Gasteiger partial charge is 0.490 e. The molecule has 0 spiro atoms. The number of nitrogens with two attached hydrogens (primary N) is 1. The molecule has 2 N–H and O–H groups in total. The number of hydrogen-bond acceptors (Lipinski definition) is 4. The Bertz CT molecular complexity index is 581. The average molecular weight is 295 g/mol. The number of benzene rings is 1. The summed E-state index contributed by atoms with van der Waals surface area (Å²) in [5.41, 5.74) is 7.09. The van der Waals surface area contributed by atoms with Crippen molar-refractivity contribution in [2.75, 3.05) is 5.75 Å². The highest BCUT2D eigenvalue weighted by Gasteiger charge is 2.34. The fraction of sp³-hybridized carbons (Fsp3) is 0.600. The maximum atomic E-state index is 12.2. The van der Waals surface area contributed by atoms with Crippen molar-refractivity contribution in [1.29, 1.82) is 0 Å². The third kappa shape index (κ3) is 2.99. The summed E-state index contributed by atoms with van der Waals surface area (Å²) >= 11 is 0. The summed E-state index contributed by atoms with van der Waals surface area (Å²) in [4.78, 5) is 0. The second kappa shape index (κ2) is 5.37. The van der Waals surface area contributed by atoms with E-state index in [1.807, 2.05) is 24.3 Å². The maximum absolute atomic E-state index is 12.2. The van der Waals surface area contributed by atoms with Gasteiger partial charge in [-0.3, -0.25) is 0 Å². The van der Waals surface area contributed by atoms with Gasteiger partial charge in [-0.15, -0.1) is 0 Å². The molecule has 3 rings (SSSR count). The molecule has 110 valence electrons. The Labute approximate surface area is 120 Å². The molecule has 1 aromatic carbocycles. The Hall–Kier alpha value is -1.07. The lowest BCUT2D eigenvalue weighted by Gasteiger charge is -2.28. The van der Waals surface area contributed by atoms with Gasteiger partial charge in [0.25, 0.3) is 0 Å². The van der Waals surface area contributed by atoms with Crippen molar-refractivity contribution in [3.63, 3.8) is 0 Å². The standard InChI is InChI=1S/C15H21NO3S/c16-15(14-6-1-2-9-20(14,17)18)11-4-3-5-13(10-11)19-12-7-8-12/h3-5,10,12,14-15H,1-2,6-9,16H2. The fourth-order valence-corrected chi connectivity index (χ4v) is 4.81. The van der Waals surface area contributed by atoms with Gasteiger partial charge in [-0.05, 0) is 43.4 Å². The molecule has 1 aromatic rings. The van der Waals surface area contributed by atoms with E-state index in [0.717, 1.165) is 37.0 Å². The third-order valence-corrected chi connectivity index (χ3v) is 6.41. The molecule has 20 heavy (non-hydrogen) atoms. The fourth-order valence-electron chi connectivity index (χ4n) is 2.77. The van der Waals surface area contributed by atoms with Crippen LogP contribution in [0.25, 0.3) is 0 Å². The first-order valence-corrected chi connectivity index (χ1v) is 9.01. The Balaban J connectivity index is 1.80. The first-order valence-electron chi connectivity index (χ1n) is 7.30. The van der Waals surface area contributed by atoms with Crippen LogP contribution >= 0.6 is 0 Å². The second-order valence-corrected chi connectivity index (χ2v) is 8.16. The maximum Gasteiger partial charge on any atom is 0.155 e. The van der Waals surface area contributed by atoms with Crippen molar-refractivity contribution in [2.45, 2.75) is 49.5 Å². The van der Waals surface area contributed by atoms with Crippen LogP contribution in [0.5, 0.6) is 5.75 Å². The van der Waals surface area contributed by atoms with Crippen molar-refractivity contribution in [3.05, 3.63) is 29.8 Å². The van der Waals surface area contributed by atoms with Crippen LogP contribution in [0.1, 0.15) is 43.7 Å². The van der Waals surface area contributed by atoms with E-state index in [0.29, 0.717) is 12.5 Å². The first kappa shape index (κ1) is 13.9. The van der Waals surface area contributed by atoms with Crippen LogP contribution in [0.4, 0.5) is 0 Å². The smallest absolute Gasteiger partial charge is 0.155 e. The molecule has 2 unspecified atom stereocenters. The van der Waals surface area contributed by atoms with Crippen molar-refractivity contribution in [1.82, 2.24) is 0 Å². The van der Waals surface area contributed by atoms with Crippen molar-refractivity contribution < 1.29 is 13.2 Å². The van der Waals surface area contributed by atoms with Crippen LogP contribution in [-0.2, 0) is 9.84 Å². The molecule has 1 aliphatic carbocycles. The van der Waals surface area contributed by atoms with E-state index in [2.05, 4.69) is 0 Å². The summed E-state index contributed by atoms with van der Waals surface area (Å²) < 4.78 is 30.1. The summed E-state index contributed by atoms with van der Waals surface area (Å²) in [6, 6.07) is 7.14. The summed E-state index contributed by atoms with van der Waals surface area (Å²) in [5, 5.41) is -0.451. The molecule has 1 aliphatic heterocycles. The Morgan fingerprint density at radius 2 is 2.00 bits per heavy atom. The lowest BCUT2D eigenvalue weighted by molar-refractivity contribution is 0.302. The van der Waals surface area contributed by atoms with Crippen molar-refractivity contribution >= 4 is 9.84 Å². The van der Waals surface area contributed by atoms with Crippen LogP contribution in [-0.4, -0.2) is 25.5 Å². The van der Waals surface area contributed by atoms with Crippen LogP contribution in [0, 0.1) is 0 Å². The van der Waals surface area contributed by atoms with Gasteiger partial charge in [-0.1, -0.05) is 18.6 Å². The van der Waals surface area contributed by atoms with Gasteiger partial charge in [0, 0.05) is 6.04 Å². The third-order valence-electron chi connectivity index (χ3n) is 4.10. The quantitative estimate of drug-likeness (QED) is 0.924. The minimum atomic E-state index is -3.06. The molecule has 2 atom stereocenters. The molecule has 1 saturated carbocycles. The van der Waals surface area contributed by atoms with Gasteiger partial charge in [0.2, 0.25) is 0 Å². The van der Waals surface area contributed by atoms with E-state index in [4.69, 9.17) is 10.5 Å². The lowest BCUT2D eigenvalue weighted by atomic mass is 10.00. The van der Waals surface area contributed by atoms with Gasteiger partial charge in [0.05, 0.1) is 17.1 Å². The first-order chi connectivity index (χ1) is 9.56. The number of hydrogen-bond donors (Lipinski definition) is 1. The predicted molar refractivity (Wildman–Crippen MR) is 78.4 cm³/mol. The highest BCUT2D eigenvalue weighted by Crippen LogP contribution is 2.32. The lowest BCUT2D eigenvalue weighted by Crippen LogP contribution is -2.37. The zero-order valence-electron chi connectivity index (χ0n) is 11.5. The SMILES string of the molecule is NC(c1cccc(OC2CC2)c1)C1CCCCS1(=O)=O. The molecule has 1 heterocycles. The van der Waals surface area contributed by atoms with E-state index >= 15 is 0 Å². The molecule has 0 amide bonds.